The molecule has 0 atom stereocenters. The standard InChI is InChI=1S/C23H27N3O3S/c1-4-9-25-22(27)21(30-23(25)28)15-18-14-16(2)26(17(18)3)20-7-5-19(6-8-20)24-10-12-29-13-11-24/h5-8,14-15H,4,9-13H2,1-3H3/b21-15-. The lowest BCUT2D eigenvalue weighted by Gasteiger charge is -2.29. The molecule has 0 saturated carbocycles. The fourth-order valence-corrected chi connectivity index (χ4v) is 4.88. The molecule has 1 aromatic heterocycles. The Balaban J connectivity index is 1.60. The maximum Gasteiger partial charge on any atom is 0.293 e. The molecule has 3 heterocycles. The first-order valence-corrected chi connectivity index (χ1v) is 11.2. The number of carbonyl (C=O) groups excluding carboxylic acids is 2. The zero-order chi connectivity index (χ0) is 21.3. The van der Waals surface area contributed by atoms with E-state index in [1.807, 2.05) is 19.9 Å². The molecule has 0 N–H and O–H groups in total. The summed E-state index contributed by atoms with van der Waals surface area (Å²) in [6.45, 7) is 9.90. The number of morpholine rings is 1. The van der Waals surface area contributed by atoms with Crippen LogP contribution < -0.4 is 4.90 Å². The normalized spacial score (nSPS) is 18.7. The summed E-state index contributed by atoms with van der Waals surface area (Å²) in [7, 11) is 0. The molecule has 0 bridgehead atoms. The SMILES string of the molecule is CCCN1C(=O)S/C(=C\c2cc(C)n(-c3ccc(N4CCOCC4)cc3)c2C)C1=O. The van der Waals surface area contributed by atoms with Gasteiger partial charge in [0.2, 0.25) is 0 Å². The zero-order valence-electron chi connectivity index (χ0n) is 17.7. The Bertz CT molecular complexity index is 988. The molecule has 0 aliphatic carbocycles. The van der Waals surface area contributed by atoms with Gasteiger partial charge < -0.3 is 14.2 Å². The lowest BCUT2D eigenvalue weighted by Crippen LogP contribution is -2.36. The van der Waals surface area contributed by atoms with Crippen molar-refractivity contribution in [1.82, 2.24) is 9.47 Å². The van der Waals surface area contributed by atoms with Crippen LogP contribution in [0.15, 0.2) is 35.2 Å². The molecule has 2 aromatic rings. The summed E-state index contributed by atoms with van der Waals surface area (Å²) in [6.07, 6.45) is 2.61. The van der Waals surface area contributed by atoms with Gasteiger partial charge in [-0.1, -0.05) is 6.92 Å². The Morgan fingerprint density at radius 3 is 2.40 bits per heavy atom. The number of ether oxygens (including phenoxy) is 1. The number of anilines is 1. The summed E-state index contributed by atoms with van der Waals surface area (Å²) < 4.78 is 7.62. The molecule has 1 aromatic carbocycles. The van der Waals surface area contributed by atoms with Gasteiger partial charge in [-0.05, 0) is 74.0 Å². The van der Waals surface area contributed by atoms with Gasteiger partial charge in [0.15, 0.2) is 0 Å². The number of nitrogens with zero attached hydrogens (tertiary/aromatic N) is 3. The first kappa shape index (κ1) is 20.8. The largest absolute Gasteiger partial charge is 0.378 e. The molecule has 6 nitrogen and oxygen atoms in total. The number of rotatable bonds is 5. The van der Waals surface area contributed by atoms with Crippen LogP contribution in [0.3, 0.4) is 0 Å². The number of hydrogen-bond donors (Lipinski definition) is 0. The summed E-state index contributed by atoms with van der Waals surface area (Å²) in [4.78, 5) is 28.9. The van der Waals surface area contributed by atoms with Crippen molar-refractivity contribution in [2.24, 2.45) is 0 Å². The van der Waals surface area contributed by atoms with Gasteiger partial charge in [-0.3, -0.25) is 14.5 Å². The van der Waals surface area contributed by atoms with E-state index < -0.39 is 0 Å². The summed E-state index contributed by atoms with van der Waals surface area (Å²) in [5.41, 5.74) is 5.39. The van der Waals surface area contributed by atoms with Gasteiger partial charge in [0.05, 0.1) is 18.1 Å². The van der Waals surface area contributed by atoms with Crippen molar-refractivity contribution in [3.8, 4) is 5.69 Å². The first-order valence-electron chi connectivity index (χ1n) is 10.4. The van der Waals surface area contributed by atoms with Crippen LogP contribution in [-0.2, 0) is 9.53 Å². The van der Waals surface area contributed by atoms with Crippen molar-refractivity contribution in [2.75, 3.05) is 37.7 Å². The number of aryl methyl sites for hydroxylation is 1. The van der Waals surface area contributed by atoms with E-state index >= 15 is 0 Å². The van der Waals surface area contributed by atoms with Crippen LogP contribution in [0.5, 0.6) is 0 Å². The lowest BCUT2D eigenvalue weighted by atomic mass is 10.2. The third-order valence-electron chi connectivity index (χ3n) is 5.56. The van der Waals surface area contributed by atoms with Crippen molar-refractivity contribution in [3.63, 3.8) is 0 Å². The molecule has 0 unspecified atom stereocenters. The van der Waals surface area contributed by atoms with Crippen LogP contribution in [0.4, 0.5) is 10.5 Å². The first-order chi connectivity index (χ1) is 14.5. The molecule has 0 spiro atoms. The zero-order valence-corrected chi connectivity index (χ0v) is 18.5. The van der Waals surface area contributed by atoms with Crippen LogP contribution in [-0.4, -0.2) is 53.5 Å². The monoisotopic (exact) mass is 425 g/mol. The average molecular weight is 426 g/mol. The van der Waals surface area contributed by atoms with Gasteiger partial charge in [-0.15, -0.1) is 0 Å². The molecule has 2 saturated heterocycles. The number of amides is 2. The molecule has 2 aliphatic rings. The van der Waals surface area contributed by atoms with Crippen molar-refractivity contribution in [2.45, 2.75) is 27.2 Å². The third-order valence-corrected chi connectivity index (χ3v) is 6.47. The quantitative estimate of drug-likeness (QED) is 0.666. The predicted molar refractivity (Wildman–Crippen MR) is 121 cm³/mol. The summed E-state index contributed by atoms with van der Waals surface area (Å²) >= 11 is 1.03. The second-order valence-electron chi connectivity index (χ2n) is 7.61. The van der Waals surface area contributed by atoms with Crippen LogP contribution in [0.2, 0.25) is 0 Å². The molecule has 2 aliphatic heterocycles. The number of aromatic nitrogens is 1. The van der Waals surface area contributed by atoms with Gasteiger partial charge in [0, 0.05) is 42.4 Å². The highest BCUT2D eigenvalue weighted by atomic mass is 32.2. The molecule has 7 heteroatoms. The summed E-state index contributed by atoms with van der Waals surface area (Å²) in [6, 6.07) is 10.6. The van der Waals surface area contributed by atoms with E-state index in [-0.39, 0.29) is 11.1 Å². The Kier molecular flexibility index (Phi) is 6.01. The minimum Gasteiger partial charge on any atom is -0.378 e. The van der Waals surface area contributed by atoms with E-state index in [2.05, 4.69) is 46.7 Å². The Labute approximate surface area is 181 Å². The lowest BCUT2D eigenvalue weighted by molar-refractivity contribution is -0.122. The van der Waals surface area contributed by atoms with E-state index in [0.717, 1.165) is 67.1 Å². The molecule has 2 amide bonds. The van der Waals surface area contributed by atoms with Gasteiger partial charge in [-0.2, -0.15) is 0 Å². The maximum absolute atomic E-state index is 12.6. The van der Waals surface area contributed by atoms with Gasteiger partial charge >= 0.3 is 0 Å². The minimum atomic E-state index is -0.188. The summed E-state index contributed by atoms with van der Waals surface area (Å²) in [5, 5.41) is -0.180. The number of imide groups is 1. The van der Waals surface area contributed by atoms with E-state index in [0.29, 0.717) is 11.4 Å². The minimum absolute atomic E-state index is 0.180. The van der Waals surface area contributed by atoms with Gasteiger partial charge in [0.25, 0.3) is 11.1 Å². The highest BCUT2D eigenvalue weighted by molar-refractivity contribution is 8.18. The fourth-order valence-electron chi connectivity index (χ4n) is 4.02. The Hall–Kier alpha value is -2.51. The maximum atomic E-state index is 12.6. The summed E-state index contributed by atoms with van der Waals surface area (Å²) in [5.74, 6) is -0.188. The van der Waals surface area contributed by atoms with E-state index in [1.165, 1.54) is 10.6 Å². The van der Waals surface area contributed by atoms with E-state index in [4.69, 9.17) is 4.74 Å². The number of thioether (sulfide) groups is 1. The third kappa shape index (κ3) is 3.91. The molecular formula is C23H27N3O3S. The molecule has 30 heavy (non-hydrogen) atoms. The highest BCUT2D eigenvalue weighted by Gasteiger charge is 2.34. The van der Waals surface area contributed by atoms with Gasteiger partial charge in [-0.25, -0.2) is 0 Å². The second kappa shape index (κ2) is 8.70. The number of benzene rings is 1. The van der Waals surface area contributed by atoms with Crippen molar-refractivity contribution in [1.29, 1.82) is 0 Å². The van der Waals surface area contributed by atoms with Crippen LogP contribution in [0.1, 0.15) is 30.3 Å². The van der Waals surface area contributed by atoms with Crippen LogP contribution >= 0.6 is 11.8 Å². The topological polar surface area (TPSA) is 54.8 Å². The van der Waals surface area contributed by atoms with E-state index in [1.54, 1.807) is 0 Å². The average Bonchev–Trinajstić information content (AvgIpc) is 3.18. The molecular weight excluding hydrogens is 398 g/mol. The van der Waals surface area contributed by atoms with Crippen molar-refractivity contribution >= 4 is 34.7 Å². The van der Waals surface area contributed by atoms with Crippen molar-refractivity contribution in [3.05, 3.63) is 52.2 Å². The number of carbonyl (C=O) groups is 2. The van der Waals surface area contributed by atoms with Crippen LogP contribution in [0.25, 0.3) is 11.8 Å². The smallest absolute Gasteiger partial charge is 0.293 e. The van der Waals surface area contributed by atoms with Gasteiger partial charge in [0.1, 0.15) is 0 Å². The molecule has 4 rings (SSSR count). The molecule has 0 radical (unpaired) electrons. The fraction of sp³-hybridized carbons (Fsp3) is 0.391. The van der Waals surface area contributed by atoms with Crippen molar-refractivity contribution < 1.29 is 14.3 Å². The van der Waals surface area contributed by atoms with E-state index in [9.17, 15) is 9.59 Å². The van der Waals surface area contributed by atoms with Crippen LogP contribution in [0, 0.1) is 13.8 Å². The number of hydrogen-bond acceptors (Lipinski definition) is 5. The molecule has 158 valence electrons. The molecule has 2 fully saturated rings. The highest BCUT2D eigenvalue weighted by Crippen LogP contribution is 2.34. The second-order valence-corrected chi connectivity index (χ2v) is 8.60. The Morgan fingerprint density at radius 1 is 1.07 bits per heavy atom. The Morgan fingerprint density at radius 2 is 1.73 bits per heavy atom. The predicted octanol–water partition coefficient (Wildman–Crippen LogP) is 4.38.